The van der Waals surface area contributed by atoms with E-state index in [1.807, 2.05) is 6.07 Å². The van der Waals surface area contributed by atoms with Crippen molar-refractivity contribution in [2.24, 2.45) is 0 Å². The maximum atomic E-state index is 11.6. The molecule has 1 aliphatic rings. The highest BCUT2D eigenvalue weighted by atomic mass is 35.5. The number of carbonyl (C=O) groups excluding carboxylic acids is 1. The van der Waals surface area contributed by atoms with E-state index in [-0.39, 0.29) is 12.4 Å². The highest BCUT2D eigenvalue weighted by Gasteiger charge is 2.24. The number of nitrogens with zero attached hydrogens (tertiary/aromatic N) is 3. The summed E-state index contributed by atoms with van der Waals surface area (Å²) < 4.78 is 0. The predicted molar refractivity (Wildman–Crippen MR) is 83.8 cm³/mol. The average Bonchev–Trinajstić information content (AvgIpc) is 2.41. The van der Waals surface area contributed by atoms with Crippen molar-refractivity contribution in [1.82, 2.24) is 4.90 Å². The maximum absolute atomic E-state index is 11.6. The van der Waals surface area contributed by atoms with E-state index in [4.69, 9.17) is 0 Å². The lowest BCUT2D eigenvalue weighted by atomic mass is 10.1. The summed E-state index contributed by atoms with van der Waals surface area (Å²) in [6.07, 6.45) is 0. The predicted octanol–water partition coefficient (Wildman–Crippen LogP) is 1.65. The van der Waals surface area contributed by atoms with E-state index >= 15 is 0 Å². The smallest absolute Gasteiger partial charge is 0.294 e. The standard InChI is InChI=1S/C14H19N3O3.ClH/c1-11-4-3-5-13(12(11)2)15-6-8-16(9-7-15)14(18)10-17(19)20;/h3-5H,6-10H2,1-2H3;1H. The van der Waals surface area contributed by atoms with Gasteiger partial charge < -0.3 is 9.80 Å². The summed E-state index contributed by atoms with van der Waals surface area (Å²) in [7, 11) is 0. The summed E-state index contributed by atoms with van der Waals surface area (Å²) in [5, 5.41) is 10.4. The molecule has 0 N–H and O–H groups in total. The number of anilines is 1. The monoisotopic (exact) mass is 313 g/mol. The second-order valence-electron chi connectivity index (χ2n) is 5.08. The summed E-state index contributed by atoms with van der Waals surface area (Å²) in [5.74, 6) is -0.393. The first-order valence-corrected chi connectivity index (χ1v) is 6.70. The molecule has 1 aliphatic heterocycles. The molecule has 1 fully saturated rings. The lowest BCUT2D eigenvalue weighted by molar-refractivity contribution is -0.468. The third-order valence-electron chi connectivity index (χ3n) is 3.81. The Morgan fingerprint density at radius 2 is 1.86 bits per heavy atom. The molecule has 0 saturated carbocycles. The first-order chi connectivity index (χ1) is 9.49. The van der Waals surface area contributed by atoms with Gasteiger partial charge in [0.2, 0.25) is 0 Å². The molecule has 0 aliphatic carbocycles. The number of rotatable bonds is 3. The molecule has 7 heteroatoms. The van der Waals surface area contributed by atoms with E-state index < -0.39 is 17.4 Å². The summed E-state index contributed by atoms with van der Waals surface area (Å²) in [4.78, 5) is 25.2. The highest BCUT2D eigenvalue weighted by molar-refractivity contribution is 5.85. The van der Waals surface area contributed by atoms with Crippen molar-refractivity contribution < 1.29 is 9.72 Å². The molecule has 0 spiro atoms. The summed E-state index contributed by atoms with van der Waals surface area (Å²) in [6, 6.07) is 6.19. The second kappa shape index (κ2) is 7.26. The zero-order chi connectivity index (χ0) is 14.7. The zero-order valence-electron chi connectivity index (χ0n) is 12.2. The van der Waals surface area contributed by atoms with Crippen molar-refractivity contribution in [3.63, 3.8) is 0 Å². The van der Waals surface area contributed by atoms with E-state index in [2.05, 4.69) is 30.9 Å². The molecule has 0 radical (unpaired) electrons. The number of hydrogen-bond acceptors (Lipinski definition) is 4. The van der Waals surface area contributed by atoms with Gasteiger partial charge in [-0.05, 0) is 31.0 Å². The van der Waals surface area contributed by atoms with Crippen LogP contribution in [0.1, 0.15) is 11.1 Å². The normalized spacial score (nSPS) is 14.6. The van der Waals surface area contributed by atoms with Crippen molar-refractivity contribution in [2.75, 3.05) is 37.6 Å². The molecule has 2 rings (SSSR count). The number of hydrogen-bond donors (Lipinski definition) is 0. The molecule has 116 valence electrons. The van der Waals surface area contributed by atoms with Crippen LogP contribution in [-0.4, -0.2) is 48.5 Å². The van der Waals surface area contributed by atoms with Gasteiger partial charge in [-0.1, -0.05) is 12.1 Å². The van der Waals surface area contributed by atoms with Gasteiger partial charge in [0.25, 0.3) is 12.5 Å². The molecule has 1 aromatic rings. The number of benzene rings is 1. The van der Waals surface area contributed by atoms with Crippen LogP contribution in [0.25, 0.3) is 0 Å². The Balaban J connectivity index is 0.00000220. The van der Waals surface area contributed by atoms with E-state index in [9.17, 15) is 14.9 Å². The first kappa shape index (κ1) is 17.2. The lowest BCUT2D eigenvalue weighted by Gasteiger charge is -2.36. The molecule has 21 heavy (non-hydrogen) atoms. The van der Waals surface area contributed by atoms with E-state index in [0.717, 1.165) is 0 Å². The Morgan fingerprint density at radius 1 is 1.24 bits per heavy atom. The molecule has 1 amide bonds. The van der Waals surface area contributed by atoms with Gasteiger partial charge >= 0.3 is 0 Å². The minimum Gasteiger partial charge on any atom is -0.368 e. The van der Waals surface area contributed by atoms with Crippen LogP contribution in [0.2, 0.25) is 0 Å². The molecule has 1 saturated heterocycles. The number of amides is 1. The Bertz CT molecular complexity index is 528. The molecule has 1 heterocycles. The molecule has 0 bridgehead atoms. The molecule has 1 aromatic carbocycles. The molecule has 0 atom stereocenters. The molecule has 6 nitrogen and oxygen atoms in total. The van der Waals surface area contributed by atoms with Gasteiger partial charge in [-0.3, -0.25) is 14.9 Å². The zero-order valence-corrected chi connectivity index (χ0v) is 13.1. The Morgan fingerprint density at radius 3 is 2.43 bits per heavy atom. The van der Waals surface area contributed by atoms with Gasteiger partial charge in [0.05, 0.1) is 0 Å². The number of aryl methyl sites for hydroxylation is 1. The van der Waals surface area contributed by atoms with Crippen LogP contribution in [0.15, 0.2) is 18.2 Å². The van der Waals surface area contributed by atoms with Crippen molar-refractivity contribution in [2.45, 2.75) is 13.8 Å². The van der Waals surface area contributed by atoms with Gasteiger partial charge in [-0.25, -0.2) is 0 Å². The SMILES string of the molecule is Cc1cccc(N2CCN(C(=O)C[N+](=O)[O-])CC2)c1C.Cl. The summed E-state index contributed by atoms with van der Waals surface area (Å²) >= 11 is 0. The molecular weight excluding hydrogens is 294 g/mol. The van der Waals surface area contributed by atoms with Crippen molar-refractivity contribution in [1.29, 1.82) is 0 Å². The highest BCUT2D eigenvalue weighted by Crippen LogP contribution is 2.23. The van der Waals surface area contributed by atoms with Gasteiger partial charge in [0.1, 0.15) is 0 Å². The average molecular weight is 314 g/mol. The number of nitro groups is 1. The molecule has 0 aromatic heterocycles. The van der Waals surface area contributed by atoms with E-state index in [0.29, 0.717) is 26.2 Å². The van der Waals surface area contributed by atoms with E-state index in [1.54, 1.807) is 4.90 Å². The lowest BCUT2D eigenvalue weighted by Crippen LogP contribution is -2.50. The number of halogens is 1. The Kier molecular flexibility index (Phi) is 5.96. The molecular formula is C14H20ClN3O3. The quantitative estimate of drug-likeness (QED) is 0.628. The van der Waals surface area contributed by atoms with Crippen LogP contribution in [0.5, 0.6) is 0 Å². The maximum Gasteiger partial charge on any atom is 0.294 e. The first-order valence-electron chi connectivity index (χ1n) is 6.70. The minimum absolute atomic E-state index is 0. The fraction of sp³-hybridized carbons (Fsp3) is 0.500. The Labute approximate surface area is 130 Å². The van der Waals surface area contributed by atoms with Crippen LogP contribution >= 0.6 is 12.4 Å². The van der Waals surface area contributed by atoms with Crippen LogP contribution in [0, 0.1) is 24.0 Å². The van der Waals surface area contributed by atoms with E-state index in [1.165, 1.54) is 16.8 Å². The van der Waals surface area contributed by atoms with Crippen molar-refractivity contribution in [3.05, 3.63) is 39.4 Å². The van der Waals surface area contributed by atoms with Gasteiger partial charge in [-0.2, -0.15) is 0 Å². The van der Waals surface area contributed by atoms with Gasteiger partial charge in [0, 0.05) is 36.8 Å². The van der Waals surface area contributed by atoms with Crippen LogP contribution in [0.4, 0.5) is 5.69 Å². The van der Waals surface area contributed by atoms with Crippen LogP contribution < -0.4 is 4.90 Å². The topological polar surface area (TPSA) is 66.7 Å². The fourth-order valence-electron chi connectivity index (χ4n) is 2.49. The van der Waals surface area contributed by atoms with Crippen molar-refractivity contribution in [3.8, 4) is 0 Å². The molecule has 0 unspecified atom stereocenters. The third-order valence-corrected chi connectivity index (χ3v) is 3.81. The summed E-state index contributed by atoms with van der Waals surface area (Å²) in [5.41, 5.74) is 3.68. The van der Waals surface area contributed by atoms with Gasteiger partial charge in [0.15, 0.2) is 0 Å². The van der Waals surface area contributed by atoms with Crippen molar-refractivity contribution >= 4 is 24.0 Å². The second-order valence-corrected chi connectivity index (χ2v) is 5.08. The third kappa shape index (κ3) is 4.07. The minimum atomic E-state index is -0.608. The Hall–Kier alpha value is -1.82. The fourth-order valence-corrected chi connectivity index (χ4v) is 2.49. The largest absolute Gasteiger partial charge is 0.368 e. The number of carbonyl (C=O) groups is 1. The van der Waals surface area contributed by atoms with Gasteiger partial charge in [-0.15, -0.1) is 12.4 Å². The summed E-state index contributed by atoms with van der Waals surface area (Å²) in [6.45, 7) is 6.08. The number of piperazine rings is 1. The van der Waals surface area contributed by atoms with Crippen LogP contribution in [0.3, 0.4) is 0 Å². The van der Waals surface area contributed by atoms with Crippen LogP contribution in [-0.2, 0) is 4.79 Å².